The van der Waals surface area contributed by atoms with E-state index in [9.17, 15) is 9.90 Å². The number of carbonyl (C=O) groups excluding carboxylic acids is 1. The van der Waals surface area contributed by atoms with Crippen molar-refractivity contribution in [1.29, 1.82) is 0 Å². The number of aliphatic hydroxyl groups excluding tert-OH is 1. The predicted octanol–water partition coefficient (Wildman–Crippen LogP) is 2.17. The molecule has 21 heavy (non-hydrogen) atoms. The fourth-order valence-corrected chi connectivity index (χ4v) is 1.84. The Hall–Kier alpha value is -2.53. The minimum absolute atomic E-state index is 0.143. The van der Waals surface area contributed by atoms with Crippen LogP contribution in [0.25, 0.3) is 0 Å². The van der Waals surface area contributed by atoms with Gasteiger partial charge in [0.15, 0.2) is 6.10 Å². The largest absolute Gasteiger partial charge is 0.481 e. The second-order valence-corrected chi connectivity index (χ2v) is 4.60. The molecule has 1 atom stereocenters. The number of hydrogen-bond acceptors (Lipinski definition) is 4. The Labute approximate surface area is 123 Å². The molecule has 0 heterocycles. The number of rotatable bonds is 5. The van der Waals surface area contributed by atoms with E-state index >= 15 is 0 Å². The number of amides is 1. The molecule has 0 fully saturated rings. The molecule has 0 aliphatic rings. The summed E-state index contributed by atoms with van der Waals surface area (Å²) in [7, 11) is 0. The van der Waals surface area contributed by atoms with Gasteiger partial charge in [-0.25, -0.2) is 0 Å². The van der Waals surface area contributed by atoms with Gasteiger partial charge in [-0.15, -0.1) is 0 Å². The van der Waals surface area contributed by atoms with Gasteiger partial charge in [0.2, 0.25) is 0 Å². The summed E-state index contributed by atoms with van der Waals surface area (Å²) in [6, 6.07) is 14.1. The number of nitrogen functional groups attached to an aromatic ring is 1. The first-order valence-corrected chi connectivity index (χ1v) is 6.62. The van der Waals surface area contributed by atoms with Crippen molar-refractivity contribution in [1.82, 2.24) is 0 Å². The molecule has 0 aliphatic heterocycles. The number of anilines is 2. The molecule has 4 N–H and O–H groups in total. The van der Waals surface area contributed by atoms with Crippen molar-refractivity contribution in [2.24, 2.45) is 0 Å². The van der Waals surface area contributed by atoms with Crippen LogP contribution in [0, 0.1) is 0 Å². The monoisotopic (exact) mass is 286 g/mol. The van der Waals surface area contributed by atoms with E-state index in [0.717, 1.165) is 0 Å². The van der Waals surface area contributed by atoms with Gasteiger partial charge >= 0.3 is 0 Å². The Balaban J connectivity index is 2.05. The number of nitrogens with two attached hydrogens (primary N) is 1. The van der Waals surface area contributed by atoms with Gasteiger partial charge in [-0.2, -0.15) is 0 Å². The average molecular weight is 286 g/mol. The minimum atomic E-state index is -0.711. The lowest BCUT2D eigenvalue weighted by molar-refractivity contribution is -0.122. The summed E-state index contributed by atoms with van der Waals surface area (Å²) in [6.07, 6.45) is -0.711. The van der Waals surface area contributed by atoms with Crippen LogP contribution in [0.5, 0.6) is 5.75 Å². The van der Waals surface area contributed by atoms with Crippen molar-refractivity contribution in [2.45, 2.75) is 19.6 Å². The van der Waals surface area contributed by atoms with Crippen molar-refractivity contribution in [3.63, 3.8) is 0 Å². The van der Waals surface area contributed by atoms with Crippen LogP contribution in [0.2, 0.25) is 0 Å². The third-order valence-electron chi connectivity index (χ3n) is 3.03. The van der Waals surface area contributed by atoms with Crippen LogP contribution in [0.15, 0.2) is 48.5 Å². The first-order valence-electron chi connectivity index (χ1n) is 6.62. The molecule has 0 aromatic heterocycles. The molecular weight excluding hydrogens is 268 g/mol. The van der Waals surface area contributed by atoms with E-state index in [1.165, 1.54) is 0 Å². The lowest BCUT2D eigenvalue weighted by Crippen LogP contribution is -2.30. The van der Waals surface area contributed by atoms with Crippen molar-refractivity contribution < 1.29 is 14.6 Å². The van der Waals surface area contributed by atoms with E-state index in [1.807, 2.05) is 0 Å². The van der Waals surface area contributed by atoms with Crippen LogP contribution < -0.4 is 15.8 Å². The molecule has 2 aromatic carbocycles. The highest BCUT2D eigenvalue weighted by atomic mass is 16.5. The second-order valence-electron chi connectivity index (χ2n) is 4.60. The molecular formula is C16H18N2O3. The Bertz CT molecular complexity index is 628. The molecule has 0 spiro atoms. The normalized spacial score (nSPS) is 11.7. The summed E-state index contributed by atoms with van der Waals surface area (Å²) in [5.41, 5.74) is 7.46. The van der Waals surface area contributed by atoms with Crippen LogP contribution in [-0.4, -0.2) is 17.1 Å². The van der Waals surface area contributed by atoms with E-state index in [1.54, 1.807) is 55.5 Å². The molecule has 1 unspecified atom stereocenters. The lowest BCUT2D eigenvalue weighted by Gasteiger charge is -2.17. The third-order valence-corrected chi connectivity index (χ3v) is 3.03. The number of para-hydroxylation sites is 3. The van der Waals surface area contributed by atoms with E-state index in [-0.39, 0.29) is 12.5 Å². The Morgan fingerprint density at radius 1 is 1.24 bits per heavy atom. The zero-order chi connectivity index (χ0) is 15.2. The molecule has 0 aliphatic carbocycles. The molecule has 2 aromatic rings. The quantitative estimate of drug-likeness (QED) is 0.735. The van der Waals surface area contributed by atoms with Crippen LogP contribution in [0.4, 0.5) is 11.4 Å². The standard InChI is InChI=1S/C16H18N2O3/c1-11(21-15-9-5-2-6-12(15)10-19)16(20)18-14-8-4-3-7-13(14)17/h2-9,11,19H,10,17H2,1H3,(H,18,20). The van der Waals surface area contributed by atoms with Crippen LogP contribution in [-0.2, 0) is 11.4 Å². The topological polar surface area (TPSA) is 84.6 Å². The fraction of sp³-hybridized carbons (Fsp3) is 0.188. The van der Waals surface area contributed by atoms with Gasteiger partial charge in [0.1, 0.15) is 5.75 Å². The zero-order valence-electron chi connectivity index (χ0n) is 11.7. The Morgan fingerprint density at radius 2 is 1.90 bits per heavy atom. The highest BCUT2D eigenvalue weighted by Crippen LogP contribution is 2.21. The number of carbonyl (C=O) groups is 1. The molecule has 110 valence electrons. The number of nitrogens with one attached hydrogen (secondary N) is 1. The molecule has 0 saturated heterocycles. The van der Waals surface area contributed by atoms with Gasteiger partial charge in [0.05, 0.1) is 18.0 Å². The summed E-state index contributed by atoms with van der Waals surface area (Å²) in [4.78, 5) is 12.1. The van der Waals surface area contributed by atoms with Crippen molar-refractivity contribution in [3.8, 4) is 5.75 Å². The average Bonchev–Trinajstić information content (AvgIpc) is 2.50. The minimum Gasteiger partial charge on any atom is -0.481 e. The maximum absolute atomic E-state index is 12.1. The third kappa shape index (κ3) is 3.73. The first-order chi connectivity index (χ1) is 10.1. The number of aliphatic hydroxyl groups is 1. The molecule has 1 amide bonds. The highest BCUT2D eigenvalue weighted by Gasteiger charge is 2.17. The van der Waals surface area contributed by atoms with Crippen molar-refractivity contribution in [2.75, 3.05) is 11.1 Å². The van der Waals surface area contributed by atoms with Crippen LogP contribution in [0.1, 0.15) is 12.5 Å². The fourth-order valence-electron chi connectivity index (χ4n) is 1.84. The van der Waals surface area contributed by atoms with E-state index < -0.39 is 6.10 Å². The SMILES string of the molecule is CC(Oc1ccccc1CO)C(=O)Nc1ccccc1N. The summed E-state index contributed by atoms with van der Waals surface area (Å²) < 4.78 is 5.60. The Kier molecular flexibility index (Phi) is 4.79. The van der Waals surface area contributed by atoms with Gasteiger partial charge in [-0.1, -0.05) is 30.3 Å². The molecule has 0 saturated carbocycles. The smallest absolute Gasteiger partial charge is 0.265 e. The van der Waals surface area contributed by atoms with Gasteiger partial charge in [0, 0.05) is 5.56 Å². The van der Waals surface area contributed by atoms with Crippen molar-refractivity contribution in [3.05, 3.63) is 54.1 Å². The van der Waals surface area contributed by atoms with Crippen LogP contribution >= 0.6 is 0 Å². The van der Waals surface area contributed by atoms with Gasteiger partial charge < -0.3 is 20.9 Å². The lowest BCUT2D eigenvalue weighted by atomic mass is 10.2. The summed E-state index contributed by atoms with van der Waals surface area (Å²) in [5, 5.41) is 12.0. The van der Waals surface area contributed by atoms with E-state index in [4.69, 9.17) is 10.5 Å². The molecule has 0 radical (unpaired) electrons. The van der Waals surface area contributed by atoms with Gasteiger partial charge in [0.25, 0.3) is 5.91 Å². The van der Waals surface area contributed by atoms with Gasteiger partial charge in [-0.3, -0.25) is 4.79 Å². The van der Waals surface area contributed by atoms with E-state index in [0.29, 0.717) is 22.7 Å². The second kappa shape index (κ2) is 6.76. The molecule has 0 bridgehead atoms. The summed E-state index contributed by atoms with van der Waals surface area (Å²) >= 11 is 0. The first kappa shape index (κ1) is 14.9. The Morgan fingerprint density at radius 3 is 2.62 bits per heavy atom. The van der Waals surface area contributed by atoms with Crippen LogP contribution in [0.3, 0.4) is 0 Å². The zero-order valence-corrected chi connectivity index (χ0v) is 11.7. The molecule has 5 nitrogen and oxygen atoms in total. The highest BCUT2D eigenvalue weighted by molar-refractivity contribution is 5.96. The van der Waals surface area contributed by atoms with Crippen molar-refractivity contribution >= 4 is 17.3 Å². The van der Waals surface area contributed by atoms with E-state index in [2.05, 4.69) is 5.32 Å². The predicted molar refractivity (Wildman–Crippen MR) is 81.9 cm³/mol. The maximum Gasteiger partial charge on any atom is 0.265 e. The molecule has 2 rings (SSSR count). The summed E-state index contributed by atoms with van der Waals surface area (Å²) in [6.45, 7) is 1.50. The number of ether oxygens (including phenoxy) is 1. The molecule has 5 heteroatoms. The number of benzene rings is 2. The summed E-state index contributed by atoms with van der Waals surface area (Å²) in [5.74, 6) is 0.185. The maximum atomic E-state index is 12.1. The number of hydrogen-bond donors (Lipinski definition) is 3. The van der Waals surface area contributed by atoms with Gasteiger partial charge in [-0.05, 0) is 25.1 Å².